The molecule has 2 rings (SSSR count). The lowest BCUT2D eigenvalue weighted by Gasteiger charge is -2.13. The van der Waals surface area contributed by atoms with Crippen molar-refractivity contribution in [3.63, 3.8) is 0 Å². The summed E-state index contributed by atoms with van der Waals surface area (Å²) in [7, 11) is 0. The van der Waals surface area contributed by atoms with Crippen LogP contribution in [0.3, 0.4) is 0 Å². The average molecular weight is 254 g/mol. The van der Waals surface area contributed by atoms with Crippen molar-refractivity contribution in [2.45, 2.75) is 26.3 Å². The Hall–Kier alpha value is -1.64. The van der Waals surface area contributed by atoms with Crippen LogP contribution in [-0.2, 0) is 0 Å². The van der Waals surface area contributed by atoms with Crippen molar-refractivity contribution in [2.75, 3.05) is 6.54 Å². The molecule has 4 N–H and O–H groups in total. The van der Waals surface area contributed by atoms with Gasteiger partial charge in [-0.1, -0.05) is 42.5 Å². The summed E-state index contributed by atoms with van der Waals surface area (Å²) in [5.74, 6) is 0. The van der Waals surface area contributed by atoms with Crippen LogP contribution in [0.5, 0.6) is 0 Å². The van der Waals surface area contributed by atoms with Crippen LogP contribution in [0.25, 0.3) is 11.1 Å². The highest BCUT2D eigenvalue weighted by Crippen LogP contribution is 2.26. The van der Waals surface area contributed by atoms with Gasteiger partial charge in [0.2, 0.25) is 0 Å². The molecule has 0 aromatic heterocycles. The monoisotopic (exact) mass is 254 g/mol. The first-order valence-corrected chi connectivity index (χ1v) is 6.75. The summed E-state index contributed by atoms with van der Waals surface area (Å²) < 4.78 is 0. The molecule has 0 bridgehead atoms. The lowest BCUT2D eigenvalue weighted by Crippen LogP contribution is -2.15. The third-order valence-electron chi connectivity index (χ3n) is 3.73. The van der Waals surface area contributed by atoms with Crippen LogP contribution in [0.15, 0.2) is 42.5 Å². The van der Waals surface area contributed by atoms with Gasteiger partial charge in [-0.25, -0.2) is 0 Å². The lowest BCUT2D eigenvalue weighted by molar-refractivity contribution is 0.661. The van der Waals surface area contributed by atoms with Crippen LogP contribution in [0.4, 0.5) is 0 Å². The van der Waals surface area contributed by atoms with Crippen LogP contribution in [0.1, 0.15) is 29.2 Å². The average Bonchev–Trinajstić information content (AvgIpc) is 2.42. The third-order valence-corrected chi connectivity index (χ3v) is 3.73. The molecule has 2 nitrogen and oxygen atoms in total. The maximum Gasteiger partial charge on any atom is 0.0306 e. The molecule has 2 aromatic rings. The van der Waals surface area contributed by atoms with Crippen molar-refractivity contribution in [2.24, 2.45) is 11.5 Å². The quantitative estimate of drug-likeness (QED) is 0.879. The van der Waals surface area contributed by atoms with E-state index in [1.165, 1.54) is 22.3 Å². The normalized spacial score (nSPS) is 12.4. The SMILES string of the molecule is Cc1cccc(-c2ccc(C(N)CCN)cc2)c1C. The zero-order chi connectivity index (χ0) is 13.8. The molecular formula is C17H22N2. The fourth-order valence-corrected chi connectivity index (χ4v) is 2.32. The Balaban J connectivity index is 2.30. The van der Waals surface area contributed by atoms with Crippen LogP contribution in [-0.4, -0.2) is 6.54 Å². The Bertz CT molecular complexity index is 544. The van der Waals surface area contributed by atoms with E-state index in [1.807, 2.05) is 0 Å². The number of nitrogens with two attached hydrogens (primary N) is 2. The summed E-state index contributed by atoms with van der Waals surface area (Å²) in [4.78, 5) is 0. The Morgan fingerprint density at radius 1 is 1.00 bits per heavy atom. The molecule has 2 aromatic carbocycles. The molecule has 1 atom stereocenters. The molecular weight excluding hydrogens is 232 g/mol. The van der Waals surface area contributed by atoms with E-state index in [2.05, 4.69) is 56.3 Å². The topological polar surface area (TPSA) is 52.0 Å². The predicted octanol–water partition coefficient (Wildman–Crippen LogP) is 3.32. The Kier molecular flexibility index (Phi) is 4.35. The number of hydrogen-bond acceptors (Lipinski definition) is 2. The molecule has 0 aliphatic carbocycles. The van der Waals surface area contributed by atoms with Gasteiger partial charge in [0, 0.05) is 6.04 Å². The number of aryl methyl sites for hydroxylation is 1. The van der Waals surface area contributed by atoms with E-state index in [9.17, 15) is 0 Å². The molecule has 19 heavy (non-hydrogen) atoms. The largest absolute Gasteiger partial charge is 0.330 e. The molecule has 0 spiro atoms. The molecule has 2 heteroatoms. The van der Waals surface area contributed by atoms with Crippen molar-refractivity contribution in [1.82, 2.24) is 0 Å². The minimum Gasteiger partial charge on any atom is -0.330 e. The molecule has 0 aliphatic rings. The highest BCUT2D eigenvalue weighted by atomic mass is 14.7. The van der Waals surface area contributed by atoms with E-state index in [0.29, 0.717) is 6.54 Å². The summed E-state index contributed by atoms with van der Waals surface area (Å²) in [5.41, 5.74) is 18.0. The fraction of sp³-hybridized carbons (Fsp3) is 0.294. The van der Waals surface area contributed by atoms with Gasteiger partial charge in [-0.05, 0) is 54.6 Å². The summed E-state index contributed by atoms with van der Waals surface area (Å²) in [6.07, 6.45) is 0.822. The summed E-state index contributed by atoms with van der Waals surface area (Å²) >= 11 is 0. The first-order chi connectivity index (χ1) is 9.13. The summed E-state index contributed by atoms with van der Waals surface area (Å²) in [5, 5.41) is 0. The standard InChI is InChI=1S/C17H22N2/c1-12-4-3-5-16(13(12)2)14-6-8-15(9-7-14)17(19)10-11-18/h3-9,17H,10-11,18-19H2,1-2H3. The minimum atomic E-state index is 0.0395. The molecule has 0 fully saturated rings. The van der Waals surface area contributed by atoms with Gasteiger partial charge in [0.15, 0.2) is 0 Å². The van der Waals surface area contributed by atoms with Crippen LogP contribution >= 0.6 is 0 Å². The van der Waals surface area contributed by atoms with Gasteiger partial charge in [-0.2, -0.15) is 0 Å². The third kappa shape index (κ3) is 3.03. The second-order valence-corrected chi connectivity index (χ2v) is 5.05. The molecule has 1 unspecified atom stereocenters. The molecule has 100 valence electrons. The van der Waals surface area contributed by atoms with E-state index < -0.39 is 0 Å². The van der Waals surface area contributed by atoms with E-state index in [4.69, 9.17) is 11.5 Å². The van der Waals surface area contributed by atoms with Gasteiger partial charge in [0.1, 0.15) is 0 Å². The smallest absolute Gasteiger partial charge is 0.0306 e. The van der Waals surface area contributed by atoms with Gasteiger partial charge in [0.25, 0.3) is 0 Å². The van der Waals surface area contributed by atoms with Crippen molar-refractivity contribution in [3.05, 3.63) is 59.2 Å². The number of hydrogen-bond donors (Lipinski definition) is 2. The van der Waals surface area contributed by atoms with Crippen LogP contribution in [0.2, 0.25) is 0 Å². The van der Waals surface area contributed by atoms with Crippen molar-refractivity contribution in [3.8, 4) is 11.1 Å². The second kappa shape index (κ2) is 6.00. The van der Waals surface area contributed by atoms with E-state index in [-0.39, 0.29) is 6.04 Å². The summed E-state index contributed by atoms with van der Waals surface area (Å²) in [6, 6.07) is 15.0. The van der Waals surface area contributed by atoms with E-state index in [1.54, 1.807) is 0 Å². The summed E-state index contributed by atoms with van der Waals surface area (Å²) in [6.45, 7) is 4.93. The van der Waals surface area contributed by atoms with Crippen LogP contribution in [0, 0.1) is 13.8 Å². The maximum atomic E-state index is 6.07. The first-order valence-electron chi connectivity index (χ1n) is 6.75. The Morgan fingerprint density at radius 2 is 1.68 bits per heavy atom. The molecule has 0 amide bonds. The zero-order valence-electron chi connectivity index (χ0n) is 11.7. The number of rotatable bonds is 4. The maximum absolute atomic E-state index is 6.07. The van der Waals surface area contributed by atoms with E-state index in [0.717, 1.165) is 12.0 Å². The Morgan fingerprint density at radius 3 is 2.32 bits per heavy atom. The van der Waals surface area contributed by atoms with Gasteiger partial charge in [0.05, 0.1) is 0 Å². The Labute approximate surface area is 115 Å². The molecule has 0 heterocycles. The first kappa shape index (κ1) is 13.8. The molecule has 0 aliphatic heterocycles. The highest BCUT2D eigenvalue weighted by molar-refractivity contribution is 5.68. The number of benzene rings is 2. The predicted molar refractivity (Wildman–Crippen MR) is 82.0 cm³/mol. The van der Waals surface area contributed by atoms with Crippen molar-refractivity contribution < 1.29 is 0 Å². The van der Waals surface area contributed by atoms with Gasteiger partial charge in [-0.15, -0.1) is 0 Å². The van der Waals surface area contributed by atoms with Gasteiger partial charge in [-0.3, -0.25) is 0 Å². The molecule has 0 saturated heterocycles. The van der Waals surface area contributed by atoms with Crippen molar-refractivity contribution >= 4 is 0 Å². The minimum absolute atomic E-state index is 0.0395. The van der Waals surface area contributed by atoms with Crippen LogP contribution < -0.4 is 11.5 Å². The highest BCUT2D eigenvalue weighted by Gasteiger charge is 2.07. The van der Waals surface area contributed by atoms with Gasteiger partial charge < -0.3 is 11.5 Å². The lowest BCUT2D eigenvalue weighted by atomic mass is 9.95. The molecule has 0 radical (unpaired) electrons. The zero-order valence-corrected chi connectivity index (χ0v) is 11.7. The van der Waals surface area contributed by atoms with Crippen molar-refractivity contribution in [1.29, 1.82) is 0 Å². The van der Waals surface area contributed by atoms with Gasteiger partial charge >= 0.3 is 0 Å². The second-order valence-electron chi connectivity index (χ2n) is 5.05. The fourth-order valence-electron chi connectivity index (χ4n) is 2.32. The molecule has 0 saturated carbocycles. The van der Waals surface area contributed by atoms with E-state index >= 15 is 0 Å².